The summed E-state index contributed by atoms with van der Waals surface area (Å²) >= 11 is 1.86. The van der Waals surface area contributed by atoms with E-state index in [9.17, 15) is 0 Å². The summed E-state index contributed by atoms with van der Waals surface area (Å²) in [5.41, 5.74) is 2.73. The van der Waals surface area contributed by atoms with Gasteiger partial charge in [-0.05, 0) is 50.1 Å². The lowest BCUT2D eigenvalue weighted by Gasteiger charge is -2.12. The van der Waals surface area contributed by atoms with E-state index in [2.05, 4.69) is 62.5 Å². The minimum Gasteiger partial charge on any atom is -0.314 e. The van der Waals surface area contributed by atoms with Crippen LogP contribution in [0.4, 0.5) is 0 Å². The number of rotatable bonds is 5. The quantitative estimate of drug-likeness (QED) is 0.846. The predicted molar refractivity (Wildman–Crippen MR) is 81.3 cm³/mol. The summed E-state index contributed by atoms with van der Waals surface area (Å²) in [6, 6.07) is 13.9. The number of hydrogen-bond acceptors (Lipinski definition) is 2. The highest BCUT2D eigenvalue weighted by molar-refractivity contribution is 7.15. The van der Waals surface area contributed by atoms with E-state index < -0.39 is 0 Å². The van der Waals surface area contributed by atoms with Crippen molar-refractivity contribution < 1.29 is 0 Å². The molecule has 0 aliphatic rings. The first-order valence-electron chi connectivity index (χ1n) is 6.58. The Bertz CT molecular complexity index is 484. The zero-order chi connectivity index (χ0) is 13.0. The molecule has 1 atom stereocenters. The van der Waals surface area contributed by atoms with Crippen molar-refractivity contribution >= 4 is 11.3 Å². The molecule has 96 valence electrons. The van der Waals surface area contributed by atoms with Crippen LogP contribution in [0.5, 0.6) is 0 Å². The zero-order valence-electron chi connectivity index (χ0n) is 11.4. The third-order valence-electron chi connectivity index (χ3n) is 3.07. The van der Waals surface area contributed by atoms with Gasteiger partial charge in [0.2, 0.25) is 0 Å². The van der Waals surface area contributed by atoms with Gasteiger partial charge in [0.05, 0.1) is 0 Å². The minimum atomic E-state index is 0.546. The molecule has 0 saturated carbocycles. The molecule has 18 heavy (non-hydrogen) atoms. The lowest BCUT2D eigenvalue weighted by atomic mass is 10.0. The topological polar surface area (TPSA) is 12.0 Å². The molecule has 1 N–H and O–H groups in total. The van der Waals surface area contributed by atoms with Crippen molar-refractivity contribution in [1.82, 2.24) is 5.32 Å². The van der Waals surface area contributed by atoms with Gasteiger partial charge in [0.1, 0.15) is 0 Å². The van der Waals surface area contributed by atoms with E-state index in [1.54, 1.807) is 0 Å². The fourth-order valence-corrected chi connectivity index (χ4v) is 3.04. The molecule has 1 aromatic heterocycles. The van der Waals surface area contributed by atoms with E-state index in [-0.39, 0.29) is 0 Å². The van der Waals surface area contributed by atoms with Gasteiger partial charge in [-0.1, -0.05) is 31.2 Å². The minimum absolute atomic E-state index is 0.546. The Morgan fingerprint density at radius 1 is 1.11 bits per heavy atom. The van der Waals surface area contributed by atoms with E-state index in [1.807, 2.05) is 11.3 Å². The number of likely N-dealkylation sites (N-methyl/N-ethyl adjacent to an activating group) is 1. The molecular formula is C16H21NS. The Kier molecular flexibility index (Phi) is 4.56. The van der Waals surface area contributed by atoms with Crippen molar-refractivity contribution in [3.8, 4) is 10.4 Å². The first kappa shape index (κ1) is 13.3. The molecule has 0 spiro atoms. The van der Waals surface area contributed by atoms with Crippen LogP contribution in [0.15, 0.2) is 36.4 Å². The largest absolute Gasteiger partial charge is 0.314 e. The first-order valence-corrected chi connectivity index (χ1v) is 7.40. The van der Waals surface area contributed by atoms with Gasteiger partial charge < -0.3 is 5.32 Å². The van der Waals surface area contributed by atoms with Crippen molar-refractivity contribution in [3.05, 3.63) is 46.8 Å². The summed E-state index contributed by atoms with van der Waals surface area (Å²) in [6.45, 7) is 7.58. The van der Waals surface area contributed by atoms with Crippen LogP contribution in [-0.4, -0.2) is 12.6 Å². The molecule has 2 aromatic rings. The fraction of sp³-hybridized carbons (Fsp3) is 0.375. The number of nitrogens with one attached hydrogen (secondary N) is 1. The Morgan fingerprint density at radius 2 is 1.83 bits per heavy atom. The maximum atomic E-state index is 3.45. The second-order valence-corrected chi connectivity index (χ2v) is 6.06. The van der Waals surface area contributed by atoms with Crippen LogP contribution < -0.4 is 5.32 Å². The lowest BCUT2D eigenvalue weighted by molar-refractivity contribution is 0.565. The average Bonchev–Trinajstić information content (AvgIpc) is 2.77. The summed E-state index contributed by atoms with van der Waals surface area (Å²) in [6.07, 6.45) is 1.09. The number of benzene rings is 1. The van der Waals surface area contributed by atoms with Crippen LogP contribution in [-0.2, 0) is 6.42 Å². The van der Waals surface area contributed by atoms with Crippen LogP contribution in [0, 0.1) is 6.92 Å². The van der Waals surface area contributed by atoms with Gasteiger partial charge in [0.15, 0.2) is 0 Å². The fourth-order valence-electron chi connectivity index (χ4n) is 2.17. The van der Waals surface area contributed by atoms with Crippen LogP contribution in [0.1, 0.15) is 24.3 Å². The molecule has 0 aliphatic carbocycles. The zero-order valence-corrected chi connectivity index (χ0v) is 12.2. The van der Waals surface area contributed by atoms with Crippen LogP contribution in [0.2, 0.25) is 0 Å². The summed E-state index contributed by atoms with van der Waals surface area (Å²) in [5, 5.41) is 3.45. The highest BCUT2D eigenvalue weighted by Gasteiger charge is 2.03. The Hall–Kier alpha value is -1.12. The van der Waals surface area contributed by atoms with Crippen molar-refractivity contribution in [2.24, 2.45) is 0 Å². The monoisotopic (exact) mass is 259 g/mol. The number of thiophene rings is 1. The van der Waals surface area contributed by atoms with Crippen LogP contribution >= 0.6 is 11.3 Å². The average molecular weight is 259 g/mol. The standard InChI is InChI=1S/C16H21NS/c1-4-17-12(2)11-14-6-8-15(9-7-14)16-10-5-13(3)18-16/h5-10,12,17H,4,11H2,1-3H3. The third-order valence-corrected chi connectivity index (χ3v) is 4.12. The molecule has 1 heterocycles. The van der Waals surface area contributed by atoms with Gasteiger partial charge >= 0.3 is 0 Å². The molecule has 0 amide bonds. The molecule has 0 fully saturated rings. The summed E-state index contributed by atoms with van der Waals surface area (Å²) in [4.78, 5) is 2.73. The normalized spacial score (nSPS) is 12.6. The van der Waals surface area contributed by atoms with E-state index in [0.29, 0.717) is 6.04 Å². The maximum absolute atomic E-state index is 3.45. The van der Waals surface area contributed by atoms with Gasteiger partial charge in [0.25, 0.3) is 0 Å². The van der Waals surface area contributed by atoms with Crippen molar-refractivity contribution in [1.29, 1.82) is 0 Å². The smallest absolute Gasteiger partial charge is 0.0345 e. The van der Waals surface area contributed by atoms with Gasteiger partial charge in [-0.2, -0.15) is 0 Å². The van der Waals surface area contributed by atoms with Gasteiger partial charge in [-0.25, -0.2) is 0 Å². The Balaban J connectivity index is 2.06. The summed E-state index contributed by atoms with van der Waals surface area (Å²) in [7, 11) is 0. The molecule has 0 aliphatic heterocycles. The summed E-state index contributed by atoms with van der Waals surface area (Å²) in [5.74, 6) is 0. The molecule has 2 rings (SSSR count). The van der Waals surface area contributed by atoms with Crippen molar-refractivity contribution in [2.75, 3.05) is 6.54 Å². The third kappa shape index (κ3) is 3.44. The molecule has 1 aromatic carbocycles. The first-order chi connectivity index (χ1) is 8.69. The molecule has 0 bridgehead atoms. The lowest BCUT2D eigenvalue weighted by Crippen LogP contribution is -2.27. The van der Waals surface area contributed by atoms with E-state index in [1.165, 1.54) is 20.9 Å². The predicted octanol–water partition coefficient (Wildman–Crippen LogP) is 4.26. The second-order valence-electron chi connectivity index (χ2n) is 4.77. The molecule has 0 radical (unpaired) electrons. The number of aryl methyl sites for hydroxylation is 1. The molecule has 0 saturated heterocycles. The van der Waals surface area contributed by atoms with E-state index in [0.717, 1.165) is 13.0 Å². The number of hydrogen-bond donors (Lipinski definition) is 1. The van der Waals surface area contributed by atoms with Crippen molar-refractivity contribution in [3.63, 3.8) is 0 Å². The molecule has 2 heteroatoms. The second kappa shape index (κ2) is 6.17. The van der Waals surface area contributed by atoms with E-state index >= 15 is 0 Å². The van der Waals surface area contributed by atoms with Gasteiger partial charge in [-0.3, -0.25) is 0 Å². The highest BCUT2D eigenvalue weighted by atomic mass is 32.1. The highest BCUT2D eigenvalue weighted by Crippen LogP contribution is 2.27. The Morgan fingerprint density at radius 3 is 2.39 bits per heavy atom. The molecule has 1 unspecified atom stereocenters. The van der Waals surface area contributed by atoms with Gasteiger partial charge in [0, 0.05) is 15.8 Å². The maximum Gasteiger partial charge on any atom is 0.0345 e. The van der Waals surface area contributed by atoms with Crippen molar-refractivity contribution in [2.45, 2.75) is 33.2 Å². The van der Waals surface area contributed by atoms with Crippen LogP contribution in [0.25, 0.3) is 10.4 Å². The summed E-state index contributed by atoms with van der Waals surface area (Å²) < 4.78 is 0. The molecule has 1 nitrogen and oxygen atoms in total. The SMILES string of the molecule is CCNC(C)Cc1ccc(-c2ccc(C)s2)cc1. The van der Waals surface area contributed by atoms with Crippen LogP contribution in [0.3, 0.4) is 0 Å². The van der Waals surface area contributed by atoms with Gasteiger partial charge in [-0.15, -0.1) is 11.3 Å². The Labute approximate surface area is 114 Å². The van der Waals surface area contributed by atoms with E-state index in [4.69, 9.17) is 0 Å². The molecular weight excluding hydrogens is 238 g/mol.